The lowest BCUT2D eigenvalue weighted by atomic mass is 10.1. The summed E-state index contributed by atoms with van der Waals surface area (Å²) >= 11 is 0. The summed E-state index contributed by atoms with van der Waals surface area (Å²) in [5, 5.41) is 2.68. The Hall–Kier alpha value is -3.54. The summed E-state index contributed by atoms with van der Waals surface area (Å²) in [5.74, 6) is 0.563. The Balaban J connectivity index is 1.56. The molecule has 6 heteroatoms. The molecular formula is C22H21NO5. The van der Waals surface area contributed by atoms with Gasteiger partial charge >= 0.3 is 5.97 Å². The Morgan fingerprint density at radius 1 is 1.11 bits per heavy atom. The molecule has 0 spiro atoms. The largest absolute Gasteiger partial charge is 0.467 e. The number of allylic oxidation sites excluding steroid dienone is 2. The van der Waals surface area contributed by atoms with Crippen LogP contribution in [0.3, 0.4) is 0 Å². The third-order valence-electron chi connectivity index (χ3n) is 4.13. The SMILES string of the molecule is COC(=O)[C@H](Cc1ccccc1)NC(=O)/C=C/C=C/c1ccc2c(c1)OCO2. The summed E-state index contributed by atoms with van der Waals surface area (Å²) in [6.45, 7) is 0.229. The van der Waals surface area contributed by atoms with Crippen molar-refractivity contribution in [3.05, 3.63) is 77.9 Å². The van der Waals surface area contributed by atoms with Crippen molar-refractivity contribution in [3.8, 4) is 11.5 Å². The first kappa shape index (κ1) is 19.2. The molecule has 2 aromatic rings. The van der Waals surface area contributed by atoms with Crippen LogP contribution in [0.4, 0.5) is 0 Å². The molecule has 28 heavy (non-hydrogen) atoms. The Morgan fingerprint density at radius 3 is 2.68 bits per heavy atom. The van der Waals surface area contributed by atoms with Crippen LogP contribution in [0.1, 0.15) is 11.1 Å². The molecule has 0 aliphatic carbocycles. The van der Waals surface area contributed by atoms with Crippen LogP contribution in [0.25, 0.3) is 6.08 Å². The van der Waals surface area contributed by atoms with Crippen LogP contribution in [0.15, 0.2) is 66.8 Å². The molecule has 1 heterocycles. The molecule has 0 unspecified atom stereocenters. The molecule has 0 bridgehead atoms. The van der Waals surface area contributed by atoms with Crippen LogP contribution >= 0.6 is 0 Å². The van der Waals surface area contributed by atoms with Crippen LogP contribution in [0, 0.1) is 0 Å². The topological polar surface area (TPSA) is 73.9 Å². The summed E-state index contributed by atoms with van der Waals surface area (Å²) in [6.07, 6.45) is 6.91. The number of carbonyl (C=O) groups excluding carboxylic acids is 2. The van der Waals surface area contributed by atoms with E-state index < -0.39 is 12.0 Å². The fraction of sp³-hybridized carbons (Fsp3) is 0.182. The molecule has 1 N–H and O–H groups in total. The van der Waals surface area contributed by atoms with E-state index in [-0.39, 0.29) is 12.7 Å². The number of fused-ring (bicyclic) bond motifs is 1. The molecule has 0 fully saturated rings. The minimum atomic E-state index is -0.748. The quantitative estimate of drug-likeness (QED) is 0.455. The van der Waals surface area contributed by atoms with Gasteiger partial charge in [-0.05, 0) is 23.3 Å². The average molecular weight is 379 g/mol. The van der Waals surface area contributed by atoms with Crippen molar-refractivity contribution in [2.24, 2.45) is 0 Å². The number of nitrogens with one attached hydrogen (secondary N) is 1. The Kier molecular flexibility index (Phi) is 6.46. The monoisotopic (exact) mass is 379 g/mol. The number of carbonyl (C=O) groups is 2. The smallest absolute Gasteiger partial charge is 0.328 e. The zero-order valence-electron chi connectivity index (χ0n) is 15.5. The van der Waals surface area contributed by atoms with E-state index in [0.717, 1.165) is 16.9 Å². The molecular weight excluding hydrogens is 358 g/mol. The summed E-state index contributed by atoms with van der Waals surface area (Å²) < 4.78 is 15.4. The number of ether oxygens (including phenoxy) is 3. The van der Waals surface area contributed by atoms with Gasteiger partial charge < -0.3 is 19.5 Å². The number of hydrogen-bond acceptors (Lipinski definition) is 5. The van der Waals surface area contributed by atoms with Gasteiger partial charge in [0.05, 0.1) is 7.11 Å². The molecule has 0 radical (unpaired) electrons. The van der Waals surface area contributed by atoms with Crippen molar-refractivity contribution in [3.63, 3.8) is 0 Å². The zero-order chi connectivity index (χ0) is 19.8. The van der Waals surface area contributed by atoms with Gasteiger partial charge in [0, 0.05) is 12.5 Å². The van der Waals surface area contributed by atoms with Crippen molar-refractivity contribution < 1.29 is 23.8 Å². The van der Waals surface area contributed by atoms with Gasteiger partial charge in [0.1, 0.15) is 6.04 Å². The van der Waals surface area contributed by atoms with Crippen molar-refractivity contribution in [2.75, 3.05) is 13.9 Å². The van der Waals surface area contributed by atoms with Crippen LogP contribution < -0.4 is 14.8 Å². The molecule has 0 saturated carbocycles. The normalized spacial score (nSPS) is 13.6. The maximum atomic E-state index is 12.2. The van der Waals surface area contributed by atoms with E-state index in [9.17, 15) is 9.59 Å². The first-order valence-electron chi connectivity index (χ1n) is 8.82. The third-order valence-corrected chi connectivity index (χ3v) is 4.13. The maximum Gasteiger partial charge on any atom is 0.328 e. The predicted octanol–water partition coefficient (Wildman–Crippen LogP) is 2.89. The average Bonchev–Trinajstić information content (AvgIpc) is 3.19. The number of hydrogen-bond donors (Lipinski definition) is 1. The van der Waals surface area contributed by atoms with E-state index in [1.807, 2.05) is 54.6 Å². The van der Waals surface area contributed by atoms with E-state index >= 15 is 0 Å². The second-order valence-corrected chi connectivity index (χ2v) is 6.10. The van der Waals surface area contributed by atoms with Gasteiger partial charge in [-0.1, -0.05) is 54.6 Å². The minimum Gasteiger partial charge on any atom is -0.467 e. The lowest BCUT2D eigenvalue weighted by Crippen LogP contribution is -2.42. The summed E-state index contributed by atoms with van der Waals surface area (Å²) in [5.41, 5.74) is 1.86. The predicted molar refractivity (Wildman–Crippen MR) is 105 cm³/mol. The number of benzene rings is 2. The lowest BCUT2D eigenvalue weighted by Gasteiger charge is -2.15. The summed E-state index contributed by atoms with van der Waals surface area (Å²) in [7, 11) is 1.30. The Labute approximate surface area is 163 Å². The fourth-order valence-corrected chi connectivity index (χ4v) is 2.73. The van der Waals surface area contributed by atoms with Gasteiger partial charge in [-0.15, -0.1) is 0 Å². The van der Waals surface area contributed by atoms with Gasteiger partial charge in [0.25, 0.3) is 0 Å². The van der Waals surface area contributed by atoms with Crippen molar-refractivity contribution >= 4 is 18.0 Å². The van der Waals surface area contributed by atoms with Gasteiger partial charge in [-0.25, -0.2) is 4.79 Å². The minimum absolute atomic E-state index is 0.229. The van der Waals surface area contributed by atoms with Crippen molar-refractivity contribution in [1.82, 2.24) is 5.32 Å². The van der Waals surface area contributed by atoms with Crippen LogP contribution in [-0.2, 0) is 20.7 Å². The third kappa shape index (κ3) is 5.23. The van der Waals surface area contributed by atoms with E-state index in [1.165, 1.54) is 13.2 Å². The highest BCUT2D eigenvalue weighted by molar-refractivity contribution is 5.91. The molecule has 2 aromatic carbocycles. The highest BCUT2D eigenvalue weighted by Gasteiger charge is 2.20. The second-order valence-electron chi connectivity index (χ2n) is 6.10. The van der Waals surface area contributed by atoms with Gasteiger partial charge in [-0.3, -0.25) is 4.79 Å². The Bertz CT molecular complexity index is 889. The standard InChI is InChI=1S/C22H21NO5/c1-26-22(25)18(13-16-7-3-2-4-8-16)23-21(24)10-6-5-9-17-11-12-19-20(14-17)28-15-27-19/h2-12,14,18H,13,15H2,1H3,(H,23,24)/b9-5+,10-6+/t18-/m0/s1. The van der Waals surface area contributed by atoms with Crippen molar-refractivity contribution in [1.29, 1.82) is 0 Å². The molecule has 0 saturated heterocycles. The van der Waals surface area contributed by atoms with Gasteiger partial charge in [0.15, 0.2) is 11.5 Å². The second kappa shape index (κ2) is 9.41. The molecule has 0 aromatic heterocycles. The number of methoxy groups -OCH3 is 1. The summed E-state index contributed by atoms with van der Waals surface area (Å²) in [4.78, 5) is 24.1. The molecule has 1 atom stereocenters. The molecule has 3 rings (SSSR count). The van der Waals surface area contributed by atoms with E-state index in [0.29, 0.717) is 12.2 Å². The van der Waals surface area contributed by atoms with E-state index in [4.69, 9.17) is 14.2 Å². The first-order valence-corrected chi connectivity index (χ1v) is 8.82. The maximum absolute atomic E-state index is 12.2. The highest BCUT2D eigenvalue weighted by atomic mass is 16.7. The van der Waals surface area contributed by atoms with Gasteiger partial charge in [-0.2, -0.15) is 0 Å². The highest BCUT2D eigenvalue weighted by Crippen LogP contribution is 2.32. The van der Waals surface area contributed by atoms with Crippen LogP contribution in [-0.4, -0.2) is 31.8 Å². The molecule has 6 nitrogen and oxygen atoms in total. The Morgan fingerprint density at radius 2 is 1.89 bits per heavy atom. The van der Waals surface area contributed by atoms with Crippen LogP contribution in [0.2, 0.25) is 0 Å². The van der Waals surface area contributed by atoms with Crippen molar-refractivity contribution in [2.45, 2.75) is 12.5 Å². The van der Waals surface area contributed by atoms with Crippen LogP contribution in [0.5, 0.6) is 11.5 Å². The zero-order valence-corrected chi connectivity index (χ0v) is 15.5. The van der Waals surface area contributed by atoms with Gasteiger partial charge in [0.2, 0.25) is 12.7 Å². The van der Waals surface area contributed by atoms with E-state index in [2.05, 4.69) is 5.32 Å². The molecule has 1 amide bonds. The number of rotatable bonds is 7. The number of amides is 1. The molecule has 144 valence electrons. The fourth-order valence-electron chi connectivity index (χ4n) is 2.73. The number of esters is 1. The lowest BCUT2D eigenvalue weighted by molar-refractivity contribution is -0.144. The molecule has 1 aliphatic heterocycles. The first-order chi connectivity index (χ1) is 13.7. The molecule has 1 aliphatic rings. The summed E-state index contributed by atoms with van der Waals surface area (Å²) in [6, 6.07) is 14.3. The van der Waals surface area contributed by atoms with E-state index in [1.54, 1.807) is 12.2 Å².